The van der Waals surface area contributed by atoms with Gasteiger partial charge in [-0.2, -0.15) is 0 Å². The van der Waals surface area contributed by atoms with Gasteiger partial charge in [0.2, 0.25) is 0 Å². The largest absolute Gasteiger partial charge is 0.299 e. The smallest absolute Gasteiger partial charge is 0.136 e. The number of Topliss-reactive ketones (excluding diaryl/α,β-unsaturated/α-hetero) is 1. The number of hydrogen-bond acceptors (Lipinski definition) is 1. The molecular weight excluding hydrogens is 112 g/mol. The van der Waals surface area contributed by atoms with Crippen LogP contribution in [0.1, 0.15) is 19.3 Å². The first-order chi connectivity index (χ1) is 4.38. The fourth-order valence-corrected chi connectivity index (χ4v) is 3.10. The molecule has 0 amide bonds. The van der Waals surface area contributed by atoms with E-state index < -0.39 is 0 Å². The zero-order valence-electron chi connectivity index (χ0n) is 5.34. The van der Waals surface area contributed by atoms with Gasteiger partial charge < -0.3 is 0 Å². The molecule has 0 aromatic carbocycles. The first-order valence-electron chi connectivity index (χ1n) is 3.90. The molecule has 3 saturated carbocycles. The van der Waals surface area contributed by atoms with E-state index in [9.17, 15) is 4.79 Å². The van der Waals surface area contributed by atoms with E-state index in [0.717, 1.165) is 24.2 Å². The highest BCUT2D eigenvalue weighted by Gasteiger charge is 2.65. The molecule has 0 aromatic heterocycles. The Labute approximate surface area is 54.4 Å². The van der Waals surface area contributed by atoms with Crippen molar-refractivity contribution in [3.05, 3.63) is 0 Å². The van der Waals surface area contributed by atoms with Crippen molar-refractivity contribution in [2.75, 3.05) is 0 Å². The molecular formula is C8H10O. The summed E-state index contributed by atoms with van der Waals surface area (Å²) in [6.45, 7) is 0. The average Bonchev–Trinajstić information content (AvgIpc) is 2.34. The van der Waals surface area contributed by atoms with Crippen LogP contribution in [0.2, 0.25) is 0 Å². The maximum Gasteiger partial charge on any atom is 0.136 e. The van der Waals surface area contributed by atoms with Crippen LogP contribution in [0.3, 0.4) is 0 Å². The fourth-order valence-electron chi connectivity index (χ4n) is 3.10. The molecule has 0 saturated heterocycles. The highest BCUT2D eigenvalue weighted by atomic mass is 16.1. The molecule has 0 N–H and O–H groups in total. The van der Waals surface area contributed by atoms with E-state index in [1.165, 1.54) is 12.8 Å². The van der Waals surface area contributed by atoms with Crippen LogP contribution in [0.25, 0.3) is 0 Å². The summed E-state index contributed by atoms with van der Waals surface area (Å²) in [6.07, 6.45) is 3.66. The van der Waals surface area contributed by atoms with Crippen LogP contribution in [-0.2, 0) is 4.79 Å². The molecule has 48 valence electrons. The van der Waals surface area contributed by atoms with Gasteiger partial charge in [-0.05, 0) is 30.6 Å². The average molecular weight is 122 g/mol. The van der Waals surface area contributed by atoms with Gasteiger partial charge >= 0.3 is 0 Å². The lowest BCUT2D eigenvalue weighted by molar-refractivity contribution is -0.119. The standard InChI is InChI=1S/C8H10O/c9-6-3-4-1-2-5-7(4)8(5)6/h4-5,7-8H,1-3H2/t4-,5-,7-,8+/m0/s1. The van der Waals surface area contributed by atoms with Gasteiger partial charge in [-0.25, -0.2) is 0 Å². The molecule has 0 bridgehead atoms. The molecule has 0 heterocycles. The lowest BCUT2D eigenvalue weighted by Gasteiger charge is -1.98. The molecule has 1 heteroatoms. The summed E-state index contributed by atoms with van der Waals surface area (Å²) in [7, 11) is 0. The van der Waals surface area contributed by atoms with E-state index in [4.69, 9.17) is 0 Å². The van der Waals surface area contributed by atoms with Crippen molar-refractivity contribution in [2.24, 2.45) is 23.7 Å². The molecule has 0 aliphatic heterocycles. The summed E-state index contributed by atoms with van der Waals surface area (Å²) < 4.78 is 0. The Bertz CT molecular complexity index is 185. The summed E-state index contributed by atoms with van der Waals surface area (Å²) in [5.74, 6) is 3.76. The number of fused-ring (bicyclic) bond motifs is 1. The summed E-state index contributed by atoms with van der Waals surface area (Å²) in [6, 6.07) is 0. The van der Waals surface area contributed by atoms with Gasteiger partial charge in [0.15, 0.2) is 0 Å². The van der Waals surface area contributed by atoms with Gasteiger partial charge in [-0.15, -0.1) is 0 Å². The Morgan fingerprint density at radius 3 is 2.78 bits per heavy atom. The predicted octanol–water partition coefficient (Wildman–Crippen LogP) is 1.23. The van der Waals surface area contributed by atoms with Gasteiger partial charge in [0.1, 0.15) is 5.78 Å². The molecule has 0 radical (unpaired) electrons. The van der Waals surface area contributed by atoms with Crippen molar-refractivity contribution >= 4 is 5.78 Å². The highest BCUT2D eigenvalue weighted by molar-refractivity contribution is 5.88. The topological polar surface area (TPSA) is 17.1 Å². The quantitative estimate of drug-likeness (QED) is 0.472. The van der Waals surface area contributed by atoms with Gasteiger partial charge in [0, 0.05) is 12.3 Å². The number of hydrogen-bond donors (Lipinski definition) is 0. The third kappa shape index (κ3) is 0.347. The maximum absolute atomic E-state index is 11.1. The van der Waals surface area contributed by atoms with Crippen molar-refractivity contribution < 1.29 is 4.79 Å². The van der Waals surface area contributed by atoms with Crippen LogP contribution in [0.15, 0.2) is 0 Å². The third-order valence-corrected chi connectivity index (χ3v) is 3.48. The Kier molecular flexibility index (Phi) is 0.544. The molecule has 4 atom stereocenters. The van der Waals surface area contributed by atoms with Crippen molar-refractivity contribution in [3.8, 4) is 0 Å². The minimum absolute atomic E-state index is 0.573. The first kappa shape index (κ1) is 4.48. The van der Waals surface area contributed by atoms with E-state index in [1.807, 2.05) is 0 Å². The van der Waals surface area contributed by atoms with E-state index >= 15 is 0 Å². The SMILES string of the molecule is O=C1C[C@@H]2CC[C@@H]3[C@H]1[C@@H]23. The van der Waals surface area contributed by atoms with Gasteiger partial charge in [-0.1, -0.05) is 0 Å². The van der Waals surface area contributed by atoms with Crippen LogP contribution in [0, 0.1) is 23.7 Å². The number of rotatable bonds is 0. The Morgan fingerprint density at radius 2 is 2.22 bits per heavy atom. The van der Waals surface area contributed by atoms with E-state index in [2.05, 4.69) is 0 Å². The van der Waals surface area contributed by atoms with Crippen molar-refractivity contribution in [1.82, 2.24) is 0 Å². The van der Waals surface area contributed by atoms with Gasteiger partial charge in [0.25, 0.3) is 0 Å². The minimum Gasteiger partial charge on any atom is -0.299 e. The molecule has 0 spiro atoms. The molecule has 0 unspecified atom stereocenters. The third-order valence-electron chi connectivity index (χ3n) is 3.48. The second-order valence-corrected chi connectivity index (χ2v) is 3.77. The normalized spacial score (nSPS) is 60.2. The molecule has 3 rings (SSSR count). The minimum atomic E-state index is 0.573. The van der Waals surface area contributed by atoms with Crippen LogP contribution < -0.4 is 0 Å². The second kappa shape index (κ2) is 1.09. The number of carbonyl (C=O) groups excluding carboxylic acids is 1. The second-order valence-electron chi connectivity index (χ2n) is 3.77. The zero-order chi connectivity index (χ0) is 6.01. The van der Waals surface area contributed by atoms with Crippen molar-refractivity contribution in [2.45, 2.75) is 19.3 Å². The monoisotopic (exact) mass is 122 g/mol. The lowest BCUT2D eigenvalue weighted by atomic mass is 10.1. The summed E-state index contributed by atoms with van der Waals surface area (Å²) >= 11 is 0. The number of ketones is 1. The van der Waals surface area contributed by atoms with Gasteiger partial charge in [-0.3, -0.25) is 4.79 Å². The van der Waals surface area contributed by atoms with Crippen LogP contribution in [-0.4, -0.2) is 5.78 Å². The molecule has 0 aromatic rings. The Balaban J connectivity index is 2.05. The Morgan fingerprint density at radius 1 is 1.33 bits per heavy atom. The van der Waals surface area contributed by atoms with Gasteiger partial charge in [0.05, 0.1) is 0 Å². The van der Waals surface area contributed by atoms with E-state index in [0.29, 0.717) is 11.7 Å². The fraction of sp³-hybridized carbons (Fsp3) is 0.875. The molecule has 3 fully saturated rings. The predicted molar refractivity (Wildman–Crippen MR) is 32.8 cm³/mol. The summed E-state index contributed by atoms with van der Waals surface area (Å²) in [5.41, 5.74) is 0. The van der Waals surface area contributed by atoms with E-state index in [-0.39, 0.29) is 0 Å². The molecule has 9 heavy (non-hydrogen) atoms. The lowest BCUT2D eigenvalue weighted by Crippen LogP contribution is -1.97. The molecule has 3 aliphatic rings. The van der Waals surface area contributed by atoms with Crippen molar-refractivity contribution in [1.29, 1.82) is 0 Å². The number of carbonyl (C=O) groups is 1. The molecule has 1 nitrogen and oxygen atoms in total. The molecule has 3 aliphatic carbocycles. The van der Waals surface area contributed by atoms with E-state index in [1.54, 1.807) is 0 Å². The van der Waals surface area contributed by atoms with Crippen molar-refractivity contribution in [3.63, 3.8) is 0 Å². The summed E-state index contributed by atoms with van der Waals surface area (Å²) in [5, 5.41) is 0. The maximum atomic E-state index is 11.1. The Hall–Kier alpha value is -0.330. The highest BCUT2D eigenvalue weighted by Crippen LogP contribution is 2.66. The van der Waals surface area contributed by atoms with Crippen LogP contribution in [0.4, 0.5) is 0 Å². The van der Waals surface area contributed by atoms with Crippen LogP contribution in [0.5, 0.6) is 0 Å². The first-order valence-corrected chi connectivity index (χ1v) is 3.90. The van der Waals surface area contributed by atoms with Crippen LogP contribution >= 0.6 is 0 Å². The zero-order valence-corrected chi connectivity index (χ0v) is 5.34. The summed E-state index contributed by atoms with van der Waals surface area (Å²) in [4.78, 5) is 11.1.